The number of piperidine rings is 1. The minimum atomic E-state index is -0.699. The zero-order valence-corrected chi connectivity index (χ0v) is 23.8. The number of hydrogen-bond donors (Lipinski definition) is 1. The fourth-order valence-corrected chi connectivity index (χ4v) is 8.21. The molecule has 9 nitrogen and oxygen atoms in total. The van der Waals surface area contributed by atoms with Crippen molar-refractivity contribution >= 4 is 46.5 Å². The predicted molar refractivity (Wildman–Crippen MR) is 153 cm³/mol. The van der Waals surface area contributed by atoms with Gasteiger partial charge in [0.1, 0.15) is 5.25 Å². The van der Waals surface area contributed by atoms with Gasteiger partial charge in [0, 0.05) is 23.9 Å². The summed E-state index contributed by atoms with van der Waals surface area (Å²) in [4.78, 5) is 58.9. The molecule has 2 unspecified atom stereocenters. The molecule has 0 bridgehead atoms. The summed E-state index contributed by atoms with van der Waals surface area (Å²) in [5.74, 6) is -1.06. The number of aryl methyl sites for hydroxylation is 1. The van der Waals surface area contributed by atoms with Crippen molar-refractivity contribution in [3.8, 4) is 11.5 Å². The van der Waals surface area contributed by atoms with Gasteiger partial charge in [0.25, 0.3) is 5.91 Å². The van der Waals surface area contributed by atoms with E-state index in [1.54, 1.807) is 24.3 Å². The normalized spacial score (nSPS) is 22.2. The molecule has 0 radical (unpaired) electrons. The topological polar surface area (TPSA) is 109 Å². The summed E-state index contributed by atoms with van der Waals surface area (Å²) in [7, 11) is 1.52. The van der Waals surface area contributed by atoms with E-state index in [9.17, 15) is 19.2 Å². The molecule has 11 heteroatoms. The number of hydrogen-bond acceptors (Lipinski definition) is 8. The maximum absolute atomic E-state index is 13.9. The lowest BCUT2D eigenvalue weighted by Gasteiger charge is -2.30. The molecule has 3 aromatic rings. The summed E-state index contributed by atoms with van der Waals surface area (Å²) in [6.45, 7) is 3.34. The summed E-state index contributed by atoms with van der Waals surface area (Å²) in [5, 5.41) is -0.0692. The lowest BCUT2D eigenvalue weighted by molar-refractivity contribution is -0.134. The highest BCUT2D eigenvalue weighted by atomic mass is 32.2. The van der Waals surface area contributed by atoms with Gasteiger partial charge in [-0.05, 0) is 56.0 Å². The molecule has 0 spiro atoms. The second-order valence-electron chi connectivity index (χ2n) is 10.2. The smallest absolute Gasteiger partial charge is 0.305 e. The van der Waals surface area contributed by atoms with E-state index in [1.165, 1.54) is 23.8 Å². The van der Waals surface area contributed by atoms with Crippen LogP contribution < -0.4 is 19.2 Å². The highest BCUT2D eigenvalue weighted by molar-refractivity contribution is 8.00. The molecule has 208 valence electrons. The van der Waals surface area contributed by atoms with Crippen molar-refractivity contribution in [1.29, 1.82) is 0 Å². The first-order valence-corrected chi connectivity index (χ1v) is 15.0. The SMILES string of the molecule is COc1cc([C@H]2c3sc(=O)[nH]c3SC3C(=O)N(c4ccc(C)cc4)C(=O)C32)ccc1OCC(=O)N1CCCCC1. The van der Waals surface area contributed by atoms with Crippen LogP contribution in [0.25, 0.3) is 0 Å². The molecule has 3 amide bonds. The number of H-pyrrole nitrogens is 1. The largest absolute Gasteiger partial charge is 0.493 e. The maximum atomic E-state index is 13.9. The van der Waals surface area contributed by atoms with E-state index in [-0.39, 0.29) is 29.2 Å². The number of methoxy groups -OCH3 is 1. The third-order valence-corrected chi connectivity index (χ3v) is 10.1. The Kier molecular flexibility index (Phi) is 7.18. The molecule has 2 fully saturated rings. The van der Waals surface area contributed by atoms with E-state index in [0.29, 0.717) is 22.2 Å². The first-order valence-electron chi connectivity index (χ1n) is 13.3. The number of nitrogens with zero attached hydrogens (tertiary/aromatic N) is 2. The predicted octanol–water partition coefficient (Wildman–Crippen LogP) is 3.94. The number of carbonyl (C=O) groups excluding carboxylic acids is 3. The number of nitrogens with one attached hydrogen (secondary N) is 1. The van der Waals surface area contributed by atoms with Gasteiger partial charge in [-0.15, -0.1) is 0 Å². The number of aromatic amines is 1. The van der Waals surface area contributed by atoms with Crippen LogP contribution >= 0.6 is 23.1 Å². The molecule has 1 aromatic heterocycles. The second-order valence-corrected chi connectivity index (χ2v) is 12.4. The van der Waals surface area contributed by atoms with Gasteiger partial charge in [-0.1, -0.05) is 46.9 Å². The summed E-state index contributed by atoms with van der Waals surface area (Å²) >= 11 is 2.30. The minimum absolute atomic E-state index is 0.0639. The van der Waals surface area contributed by atoms with Gasteiger partial charge >= 0.3 is 4.87 Å². The van der Waals surface area contributed by atoms with E-state index in [2.05, 4.69) is 4.98 Å². The second kappa shape index (κ2) is 10.8. The molecule has 2 aromatic carbocycles. The summed E-state index contributed by atoms with van der Waals surface area (Å²) in [6.07, 6.45) is 3.14. The van der Waals surface area contributed by atoms with Crippen molar-refractivity contribution in [3.63, 3.8) is 0 Å². The Balaban J connectivity index is 1.32. The lowest BCUT2D eigenvalue weighted by atomic mass is 9.83. The van der Waals surface area contributed by atoms with Crippen LogP contribution in [0.3, 0.4) is 0 Å². The van der Waals surface area contributed by atoms with Crippen molar-refractivity contribution in [1.82, 2.24) is 9.88 Å². The van der Waals surface area contributed by atoms with Crippen molar-refractivity contribution in [2.45, 2.75) is 42.4 Å². The average molecular weight is 580 g/mol. The number of anilines is 1. The number of thiazole rings is 1. The number of amides is 3. The van der Waals surface area contributed by atoms with E-state index in [0.717, 1.165) is 59.7 Å². The molecular formula is C29H29N3O6S2. The van der Waals surface area contributed by atoms with Crippen LogP contribution in [0.2, 0.25) is 0 Å². The van der Waals surface area contributed by atoms with Crippen LogP contribution in [0, 0.1) is 12.8 Å². The lowest BCUT2D eigenvalue weighted by Crippen LogP contribution is -2.38. The number of fused-ring (bicyclic) bond motifs is 2. The average Bonchev–Trinajstić information content (AvgIpc) is 3.46. The number of aromatic nitrogens is 1. The summed E-state index contributed by atoms with van der Waals surface area (Å²) < 4.78 is 11.5. The van der Waals surface area contributed by atoms with Gasteiger partial charge < -0.3 is 19.4 Å². The molecule has 4 heterocycles. The number of likely N-dealkylation sites (tertiary alicyclic amines) is 1. The van der Waals surface area contributed by atoms with Gasteiger partial charge in [-0.2, -0.15) is 0 Å². The first-order chi connectivity index (χ1) is 19.4. The Labute approximate surface area is 239 Å². The van der Waals surface area contributed by atoms with Gasteiger partial charge in [-0.25, -0.2) is 4.90 Å². The Morgan fingerprint density at radius 2 is 1.75 bits per heavy atom. The van der Waals surface area contributed by atoms with Crippen LogP contribution in [0.5, 0.6) is 11.5 Å². The summed E-state index contributed by atoms with van der Waals surface area (Å²) in [5.41, 5.74) is 2.29. The van der Waals surface area contributed by atoms with E-state index >= 15 is 0 Å². The fourth-order valence-electron chi connectivity index (χ4n) is 5.70. The van der Waals surface area contributed by atoms with Crippen LogP contribution in [0.4, 0.5) is 5.69 Å². The number of thioether (sulfide) groups is 1. The molecule has 3 atom stereocenters. The molecule has 6 rings (SSSR count). The number of rotatable bonds is 6. The van der Waals surface area contributed by atoms with Crippen molar-refractivity contribution < 1.29 is 23.9 Å². The molecule has 1 N–H and O–H groups in total. The molecule has 0 saturated carbocycles. The Morgan fingerprint density at radius 3 is 2.48 bits per heavy atom. The number of carbonyl (C=O) groups is 3. The Hall–Kier alpha value is -3.57. The van der Waals surface area contributed by atoms with Crippen LogP contribution in [-0.2, 0) is 14.4 Å². The zero-order chi connectivity index (χ0) is 28.0. The van der Waals surface area contributed by atoms with Gasteiger partial charge in [-0.3, -0.25) is 19.2 Å². The van der Waals surface area contributed by atoms with E-state index in [4.69, 9.17) is 9.47 Å². The quantitative estimate of drug-likeness (QED) is 0.441. The van der Waals surface area contributed by atoms with Crippen LogP contribution in [-0.4, -0.2) is 59.7 Å². The van der Waals surface area contributed by atoms with Gasteiger partial charge in [0.2, 0.25) is 11.8 Å². The fraction of sp³-hybridized carbons (Fsp3) is 0.379. The molecular weight excluding hydrogens is 550 g/mol. The van der Waals surface area contributed by atoms with Crippen molar-refractivity contribution in [2.24, 2.45) is 5.92 Å². The molecule has 3 aliphatic rings. The van der Waals surface area contributed by atoms with Gasteiger partial charge in [0.05, 0.1) is 23.7 Å². The van der Waals surface area contributed by atoms with E-state index < -0.39 is 17.1 Å². The molecule has 0 aliphatic carbocycles. The maximum Gasteiger partial charge on any atom is 0.305 e. The summed E-state index contributed by atoms with van der Waals surface area (Å²) in [6, 6.07) is 12.6. The number of imide groups is 1. The van der Waals surface area contributed by atoms with Crippen LogP contribution in [0.1, 0.15) is 41.2 Å². The van der Waals surface area contributed by atoms with Crippen molar-refractivity contribution in [2.75, 3.05) is 31.7 Å². The third kappa shape index (κ3) is 4.71. The van der Waals surface area contributed by atoms with Crippen LogP contribution in [0.15, 0.2) is 52.3 Å². The highest BCUT2D eigenvalue weighted by Gasteiger charge is 2.56. The molecule has 2 saturated heterocycles. The Morgan fingerprint density at radius 1 is 1.00 bits per heavy atom. The first kappa shape index (κ1) is 26.6. The highest BCUT2D eigenvalue weighted by Crippen LogP contribution is 2.53. The van der Waals surface area contributed by atoms with Crippen molar-refractivity contribution in [3.05, 3.63) is 68.1 Å². The molecule has 40 heavy (non-hydrogen) atoms. The number of ether oxygens (including phenoxy) is 2. The monoisotopic (exact) mass is 579 g/mol. The van der Waals surface area contributed by atoms with E-state index in [1.807, 2.05) is 30.0 Å². The zero-order valence-electron chi connectivity index (χ0n) is 22.2. The third-order valence-electron chi connectivity index (χ3n) is 7.72. The molecule has 3 aliphatic heterocycles. The Bertz CT molecular complexity index is 1530. The van der Waals surface area contributed by atoms with Gasteiger partial charge in [0.15, 0.2) is 18.1 Å². The standard InChI is InChI=1S/C29H29N3O6S2/c1-16-6-9-18(10-7-16)32-27(34)23-22(24-26(30-29(36)40-24)39-25(23)28(32)35)17-8-11-19(20(14-17)37-2)38-15-21(33)31-12-4-3-5-13-31/h6-11,14,22-23,25H,3-5,12-13,15H2,1-2H3,(H,30,36)/t22-,23?,25?/m1/s1. The minimum Gasteiger partial charge on any atom is -0.493 e. The number of benzene rings is 2.